The first-order chi connectivity index (χ1) is 7.87. The quantitative estimate of drug-likeness (QED) is 0.829. The Kier molecular flexibility index (Phi) is 2.99. The predicted molar refractivity (Wildman–Crippen MR) is 63.0 cm³/mol. The number of aliphatic hydroxyl groups is 1. The lowest BCUT2D eigenvalue weighted by atomic mass is 9.71. The Morgan fingerprint density at radius 3 is 2.65 bits per heavy atom. The first-order valence-corrected chi connectivity index (χ1v) is 6.08. The average Bonchev–Trinajstić information content (AvgIpc) is 2.77. The maximum atomic E-state index is 8.88. The molecule has 5 heteroatoms. The molecule has 0 radical (unpaired) electrons. The average molecular weight is 239 g/mol. The number of aliphatic hydroxyl groups excluding tert-OH is 1. The molecule has 3 N–H and O–H groups in total. The molecule has 1 saturated carbocycles. The van der Waals surface area contributed by atoms with Crippen LogP contribution in [-0.2, 0) is 13.0 Å². The molecular formula is C12H21N3O2. The summed E-state index contributed by atoms with van der Waals surface area (Å²) < 4.78 is 4.90. The van der Waals surface area contributed by atoms with Gasteiger partial charge in [-0.2, -0.15) is 4.98 Å². The zero-order valence-electron chi connectivity index (χ0n) is 10.7. The summed E-state index contributed by atoms with van der Waals surface area (Å²) >= 11 is 0. The summed E-state index contributed by atoms with van der Waals surface area (Å²) in [5.41, 5.74) is 6.25. The van der Waals surface area contributed by atoms with Crippen molar-refractivity contribution in [3.63, 3.8) is 0 Å². The molecule has 0 spiro atoms. The zero-order valence-corrected chi connectivity index (χ0v) is 10.7. The van der Waals surface area contributed by atoms with E-state index in [0.29, 0.717) is 11.7 Å². The Bertz CT molecular complexity index is 398. The van der Waals surface area contributed by atoms with Crippen molar-refractivity contribution in [3.8, 4) is 0 Å². The molecule has 0 unspecified atom stereocenters. The van der Waals surface area contributed by atoms with Gasteiger partial charge >= 0.3 is 0 Å². The van der Waals surface area contributed by atoms with Crippen LogP contribution in [0.4, 0.5) is 0 Å². The Morgan fingerprint density at radius 2 is 2.18 bits per heavy atom. The molecule has 1 aliphatic rings. The molecule has 1 aromatic rings. The third kappa shape index (κ3) is 2.09. The van der Waals surface area contributed by atoms with Crippen molar-refractivity contribution in [1.82, 2.24) is 10.1 Å². The van der Waals surface area contributed by atoms with Gasteiger partial charge in [0.25, 0.3) is 5.89 Å². The van der Waals surface area contributed by atoms with E-state index in [2.05, 4.69) is 30.9 Å². The number of hydrogen-bond donors (Lipinski definition) is 2. The minimum Gasteiger partial charge on any atom is -0.387 e. The summed E-state index contributed by atoms with van der Waals surface area (Å²) in [6.45, 7) is 6.33. The van der Waals surface area contributed by atoms with Crippen molar-refractivity contribution >= 4 is 0 Å². The maximum Gasteiger partial charge on any atom is 0.252 e. The fourth-order valence-electron chi connectivity index (χ4n) is 2.64. The van der Waals surface area contributed by atoms with E-state index in [4.69, 9.17) is 15.4 Å². The van der Waals surface area contributed by atoms with Crippen LogP contribution in [0.2, 0.25) is 0 Å². The van der Waals surface area contributed by atoms with Crippen LogP contribution in [0.3, 0.4) is 0 Å². The van der Waals surface area contributed by atoms with Gasteiger partial charge in [0.05, 0.1) is 0 Å². The highest BCUT2D eigenvalue weighted by Gasteiger charge is 2.49. The normalized spacial score (nSPS) is 31.9. The molecule has 0 bridgehead atoms. The molecule has 2 atom stereocenters. The van der Waals surface area contributed by atoms with E-state index in [-0.39, 0.29) is 23.5 Å². The third-order valence-corrected chi connectivity index (χ3v) is 4.58. The topological polar surface area (TPSA) is 85.2 Å². The minimum atomic E-state index is -0.199. The van der Waals surface area contributed by atoms with Crippen molar-refractivity contribution in [3.05, 3.63) is 11.7 Å². The van der Waals surface area contributed by atoms with Crippen LogP contribution in [0.1, 0.15) is 45.3 Å². The summed E-state index contributed by atoms with van der Waals surface area (Å²) in [4.78, 5) is 4.14. The van der Waals surface area contributed by atoms with Gasteiger partial charge in [-0.05, 0) is 31.1 Å². The van der Waals surface area contributed by atoms with Crippen molar-refractivity contribution in [2.45, 2.75) is 52.2 Å². The molecule has 2 rings (SSSR count). The van der Waals surface area contributed by atoms with Crippen LogP contribution in [0.15, 0.2) is 4.52 Å². The standard InChI is InChI=1S/C12H21N3O2/c1-11(2)8(4-5-12(11,3)13)6-9-14-10(7-16)17-15-9/h8,16H,4-7,13H2,1-3H3/t8-,12-/m0/s1. The lowest BCUT2D eigenvalue weighted by molar-refractivity contribution is 0.162. The van der Waals surface area contributed by atoms with Gasteiger partial charge in [0.2, 0.25) is 0 Å². The number of nitrogens with zero attached hydrogens (tertiary/aromatic N) is 2. The molecule has 5 nitrogen and oxygen atoms in total. The molecule has 1 fully saturated rings. The van der Waals surface area contributed by atoms with Gasteiger partial charge in [-0.25, -0.2) is 0 Å². The highest BCUT2D eigenvalue weighted by Crippen LogP contribution is 2.49. The Morgan fingerprint density at radius 1 is 1.47 bits per heavy atom. The highest BCUT2D eigenvalue weighted by atomic mass is 16.5. The van der Waals surface area contributed by atoms with Crippen molar-refractivity contribution in [1.29, 1.82) is 0 Å². The third-order valence-electron chi connectivity index (χ3n) is 4.58. The van der Waals surface area contributed by atoms with Gasteiger partial charge < -0.3 is 15.4 Å². The summed E-state index contributed by atoms with van der Waals surface area (Å²) in [6, 6.07) is 0. The smallest absolute Gasteiger partial charge is 0.252 e. The first-order valence-electron chi connectivity index (χ1n) is 6.08. The molecule has 1 heterocycles. The molecule has 0 saturated heterocycles. The van der Waals surface area contributed by atoms with Crippen LogP contribution in [0.25, 0.3) is 0 Å². The summed E-state index contributed by atoms with van der Waals surface area (Å²) in [5, 5.41) is 12.8. The second kappa shape index (κ2) is 4.07. The van der Waals surface area contributed by atoms with Crippen LogP contribution in [0.5, 0.6) is 0 Å². The van der Waals surface area contributed by atoms with Crippen molar-refractivity contribution in [2.24, 2.45) is 17.1 Å². The molecule has 0 aromatic carbocycles. The summed E-state index contributed by atoms with van der Waals surface area (Å²) in [6.07, 6.45) is 2.88. The monoisotopic (exact) mass is 239 g/mol. The van der Waals surface area contributed by atoms with E-state index in [1.165, 1.54) is 0 Å². The van der Waals surface area contributed by atoms with Gasteiger partial charge in [-0.15, -0.1) is 0 Å². The van der Waals surface area contributed by atoms with E-state index in [0.717, 1.165) is 19.3 Å². The molecule has 96 valence electrons. The number of nitrogens with two attached hydrogens (primary N) is 1. The second-order valence-electron chi connectivity index (χ2n) is 5.84. The lowest BCUT2D eigenvalue weighted by Crippen LogP contribution is -2.48. The molecule has 0 aliphatic heterocycles. The summed E-state index contributed by atoms with van der Waals surface area (Å²) in [7, 11) is 0. The minimum absolute atomic E-state index is 0.0625. The number of aromatic nitrogens is 2. The van der Waals surface area contributed by atoms with Crippen molar-refractivity contribution < 1.29 is 9.63 Å². The SMILES string of the molecule is CC1(C)[C@H](Cc2noc(CO)n2)CC[C@]1(C)N. The van der Waals surface area contributed by atoms with Gasteiger partial charge in [0.15, 0.2) is 5.82 Å². The van der Waals surface area contributed by atoms with E-state index in [1.807, 2.05) is 0 Å². The van der Waals surface area contributed by atoms with Crippen LogP contribution < -0.4 is 5.73 Å². The van der Waals surface area contributed by atoms with Crippen molar-refractivity contribution in [2.75, 3.05) is 0 Å². The molecule has 1 aromatic heterocycles. The molecular weight excluding hydrogens is 218 g/mol. The van der Waals surface area contributed by atoms with Gasteiger partial charge in [-0.1, -0.05) is 19.0 Å². The fourth-order valence-corrected chi connectivity index (χ4v) is 2.64. The maximum absolute atomic E-state index is 8.88. The summed E-state index contributed by atoms with van der Waals surface area (Å²) in [5.74, 6) is 1.41. The van der Waals surface area contributed by atoms with Gasteiger partial charge in [0.1, 0.15) is 6.61 Å². The second-order valence-corrected chi connectivity index (χ2v) is 5.84. The van der Waals surface area contributed by atoms with E-state index >= 15 is 0 Å². The van der Waals surface area contributed by atoms with E-state index < -0.39 is 0 Å². The Labute approximate surface area is 101 Å². The lowest BCUT2D eigenvalue weighted by Gasteiger charge is -2.38. The Balaban J connectivity index is 2.10. The van der Waals surface area contributed by atoms with Crippen LogP contribution in [0, 0.1) is 11.3 Å². The highest BCUT2D eigenvalue weighted by molar-refractivity contribution is 5.06. The van der Waals surface area contributed by atoms with E-state index in [1.54, 1.807) is 0 Å². The molecule has 17 heavy (non-hydrogen) atoms. The predicted octanol–water partition coefficient (Wildman–Crippen LogP) is 1.26. The molecule has 0 amide bonds. The fraction of sp³-hybridized carbons (Fsp3) is 0.833. The molecule has 1 aliphatic carbocycles. The zero-order chi connectivity index (χ0) is 12.7. The van der Waals surface area contributed by atoms with Gasteiger partial charge in [-0.3, -0.25) is 0 Å². The largest absolute Gasteiger partial charge is 0.387 e. The number of hydrogen-bond acceptors (Lipinski definition) is 5. The van der Waals surface area contributed by atoms with Crippen LogP contribution in [-0.4, -0.2) is 20.8 Å². The Hall–Kier alpha value is -0.940. The van der Waals surface area contributed by atoms with Gasteiger partial charge in [0, 0.05) is 12.0 Å². The van der Waals surface area contributed by atoms with Crippen LogP contribution >= 0.6 is 0 Å². The first kappa shape index (κ1) is 12.5. The number of rotatable bonds is 3. The van der Waals surface area contributed by atoms with E-state index in [9.17, 15) is 0 Å².